The first kappa shape index (κ1) is 48.6. The Morgan fingerprint density at radius 3 is 1.66 bits per heavy atom. The smallest absolute Gasteiger partial charge is 0.135 e. The Balaban J connectivity index is 0.00000625. The van der Waals surface area contributed by atoms with Gasteiger partial charge in [0.25, 0.3) is 0 Å². The molecule has 0 aliphatic carbocycles. The fraction of sp³-hybridized carbons (Fsp3) is 0.290. The molecule has 0 radical (unpaired) electrons. The van der Waals surface area contributed by atoms with E-state index in [9.17, 15) is 0 Å². The number of anilines is 2. The Kier molecular flexibility index (Phi) is 12.8. The molecular weight excluding hydrogens is 1010 g/mol. The van der Waals surface area contributed by atoms with Crippen LogP contribution >= 0.6 is 0 Å². The molecule has 5 nitrogen and oxygen atoms in total. The van der Waals surface area contributed by atoms with Gasteiger partial charge >= 0.3 is 0 Å². The summed E-state index contributed by atoms with van der Waals surface area (Å²) in [5.41, 5.74) is 11.7. The standard InChI is InChI=1S/C62H65N4O.Pt/c1-58(2,3)45-32-46(59(4,5)6)34-48(33-45)64-30-31-65(41-64)49-35-47(60(7,8)9)36-50(38-49)67-51-39-53(62(12,13)43-24-18-15-19-25-43)57-52-26-20-21-27-54(52)66(55(57)40-51)56-37-44(28-29-63-56)61(10,11)42-22-16-14-17-23-42;/h14-37,39,41H,1-13H3;/q-3;. The van der Waals surface area contributed by atoms with Crippen molar-refractivity contribution >= 4 is 33.2 Å². The van der Waals surface area contributed by atoms with Crippen LogP contribution in [-0.4, -0.2) is 9.55 Å². The van der Waals surface area contributed by atoms with E-state index in [1.54, 1.807) is 0 Å². The Hall–Kier alpha value is -5.90. The number of aromatic nitrogens is 2. The van der Waals surface area contributed by atoms with Crippen LogP contribution in [0.2, 0.25) is 0 Å². The molecule has 6 heteroatoms. The van der Waals surface area contributed by atoms with E-state index in [0.29, 0.717) is 11.5 Å². The zero-order valence-corrected chi connectivity index (χ0v) is 44.3. The van der Waals surface area contributed by atoms with E-state index in [-0.39, 0.29) is 42.7 Å². The second-order valence-electron chi connectivity index (χ2n) is 22.5. The number of hydrogen-bond donors (Lipinski definition) is 0. The van der Waals surface area contributed by atoms with Crippen molar-refractivity contribution in [2.45, 2.75) is 117 Å². The molecule has 0 spiro atoms. The number of benzene rings is 6. The molecule has 6 aromatic carbocycles. The molecule has 9 rings (SSSR count). The minimum absolute atomic E-state index is 0. The van der Waals surface area contributed by atoms with Crippen molar-refractivity contribution in [3.63, 3.8) is 0 Å². The van der Waals surface area contributed by atoms with Gasteiger partial charge in [0.05, 0.1) is 0 Å². The number of hydrogen-bond acceptors (Lipinski definition) is 4. The number of nitrogens with zero attached hydrogens (tertiary/aromatic N) is 4. The van der Waals surface area contributed by atoms with E-state index in [2.05, 4.69) is 269 Å². The molecule has 2 aromatic heterocycles. The summed E-state index contributed by atoms with van der Waals surface area (Å²) < 4.78 is 9.38. The van der Waals surface area contributed by atoms with Crippen LogP contribution in [0.15, 0.2) is 152 Å². The fourth-order valence-corrected chi connectivity index (χ4v) is 9.28. The summed E-state index contributed by atoms with van der Waals surface area (Å²) in [5, 5.41) is 2.27. The van der Waals surface area contributed by atoms with Crippen LogP contribution in [0.4, 0.5) is 11.4 Å². The SMILES string of the molecule is CC(C)(C)c1cc(Oc2[c-]c3c(c(C(C)(C)c4ccccc4)c2)c2ccccc2n3-c2cc(C(C)(C)c3ccccc3)ccn2)[c-]c(N2C=CN(c3cc(C(C)(C)C)cc(C(C)(C)C)c3)[CH-]2)c1.[Pt]. The van der Waals surface area contributed by atoms with Crippen molar-refractivity contribution in [3.05, 3.63) is 210 Å². The normalized spacial score (nSPS) is 13.7. The van der Waals surface area contributed by atoms with Crippen molar-refractivity contribution in [1.82, 2.24) is 9.55 Å². The van der Waals surface area contributed by atoms with Crippen LogP contribution < -0.4 is 14.5 Å². The molecule has 68 heavy (non-hydrogen) atoms. The van der Waals surface area contributed by atoms with Gasteiger partial charge < -0.3 is 19.1 Å². The van der Waals surface area contributed by atoms with Gasteiger partial charge in [0.1, 0.15) is 5.82 Å². The summed E-state index contributed by atoms with van der Waals surface area (Å²) in [6.45, 7) is 31.8. The molecule has 0 N–H and O–H groups in total. The Morgan fingerprint density at radius 2 is 1.04 bits per heavy atom. The molecule has 0 bridgehead atoms. The molecule has 8 aromatic rings. The largest absolute Gasteiger partial charge is 0.509 e. The number of rotatable bonds is 9. The van der Waals surface area contributed by atoms with Gasteiger partial charge in [-0.1, -0.05) is 186 Å². The van der Waals surface area contributed by atoms with Gasteiger partial charge in [0, 0.05) is 55.4 Å². The first-order chi connectivity index (χ1) is 31.6. The summed E-state index contributed by atoms with van der Waals surface area (Å²) in [6, 6.07) is 55.6. The van der Waals surface area contributed by atoms with Crippen molar-refractivity contribution in [3.8, 4) is 17.3 Å². The minimum atomic E-state index is -0.412. The molecule has 3 heterocycles. The van der Waals surface area contributed by atoms with Gasteiger partial charge in [-0.2, -0.15) is 0 Å². The van der Waals surface area contributed by atoms with E-state index in [4.69, 9.17) is 9.72 Å². The third kappa shape index (κ3) is 9.32. The molecular formula is C62H65N4OPt-3. The first-order valence-corrected chi connectivity index (χ1v) is 23.7. The summed E-state index contributed by atoms with van der Waals surface area (Å²) in [6.07, 6.45) is 6.18. The quantitative estimate of drug-likeness (QED) is 0.135. The van der Waals surface area contributed by atoms with Crippen molar-refractivity contribution < 1.29 is 25.8 Å². The van der Waals surface area contributed by atoms with Crippen LogP contribution in [-0.2, 0) is 48.1 Å². The Bertz CT molecular complexity index is 3110. The number of pyridine rings is 1. The maximum absolute atomic E-state index is 7.11. The molecule has 1 aliphatic heterocycles. The molecule has 0 saturated carbocycles. The molecule has 352 valence electrons. The van der Waals surface area contributed by atoms with E-state index in [0.717, 1.165) is 50.1 Å². The molecule has 1 aliphatic rings. The average Bonchev–Trinajstić information content (AvgIpc) is 3.92. The topological polar surface area (TPSA) is 33.5 Å². The van der Waals surface area contributed by atoms with Gasteiger partial charge in [-0.3, -0.25) is 0 Å². The van der Waals surface area contributed by atoms with E-state index >= 15 is 0 Å². The van der Waals surface area contributed by atoms with Crippen LogP contribution in [0, 0.1) is 18.8 Å². The van der Waals surface area contributed by atoms with Crippen molar-refractivity contribution in [2.75, 3.05) is 9.80 Å². The summed E-state index contributed by atoms with van der Waals surface area (Å²) in [5.74, 6) is 2.07. The maximum Gasteiger partial charge on any atom is 0.135 e. The molecule has 0 unspecified atom stereocenters. The first-order valence-electron chi connectivity index (χ1n) is 23.7. The van der Waals surface area contributed by atoms with Crippen LogP contribution in [0.1, 0.15) is 129 Å². The third-order valence-corrected chi connectivity index (χ3v) is 13.8. The van der Waals surface area contributed by atoms with Crippen molar-refractivity contribution in [1.29, 1.82) is 0 Å². The van der Waals surface area contributed by atoms with E-state index in [1.807, 2.05) is 6.20 Å². The third-order valence-electron chi connectivity index (χ3n) is 13.8. The summed E-state index contributed by atoms with van der Waals surface area (Å²) in [7, 11) is 0. The number of ether oxygens (including phenoxy) is 1. The summed E-state index contributed by atoms with van der Waals surface area (Å²) in [4.78, 5) is 9.44. The predicted octanol–water partition coefficient (Wildman–Crippen LogP) is 16.0. The van der Waals surface area contributed by atoms with Gasteiger partial charge in [-0.15, -0.1) is 53.8 Å². The Labute approximate surface area is 420 Å². The second kappa shape index (κ2) is 17.9. The predicted molar refractivity (Wildman–Crippen MR) is 281 cm³/mol. The maximum atomic E-state index is 7.11. The molecule has 0 amide bonds. The molecule has 0 fully saturated rings. The zero-order valence-electron chi connectivity index (χ0n) is 42.0. The summed E-state index contributed by atoms with van der Waals surface area (Å²) >= 11 is 0. The average molecular weight is 1080 g/mol. The fourth-order valence-electron chi connectivity index (χ4n) is 9.28. The van der Waals surface area contributed by atoms with Crippen LogP contribution in [0.25, 0.3) is 27.6 Å². The number of fused-ring (bicyclic) bond motifs is 3. The monoisotopic (exact) mass is 1080 g/mol. The molecule has 0 atom stereocenters. The second-order valence-corrected chi connectivity index (χ2v) is 22.5. The van der Waals surface area contributed by atoms with Crippen molar-refractivity contribution in [2.24, 2.45) is 0 Å². The number of para-hydroxylation sites is 1. The van der Waals surface area contributed by atoms with Gasteiger partial charge in [0.2, 0.25) is 0 Å². The van der Waals surface area contributed by atoms with Gasteiger partial charge in [-0.05, 0) is 97.6 Å². The Morgan fingerprint density at radius 1 is 0.500 bits per heavy atom. The molecule has 0 saturated heterocycles. The van der Waals surface area contributed by atoms with Crippen LogP contribution in [0.5, 0.6) is 11.5 Å². The van der Waals surface area contributed by atoms with E-state index < -0.39 is 5.41 Å². The van der Waals surface area contributed by atoms with E-state index in [1.165, 1.54) is 27.8 Å². The van der Waals surface area contributed by atoms with Crippen LogP contribution in [0.3, 0.4) is 0 Å². The van der Waals surface area contributed by atoms with Gasteiger partial charge in [-0.25, -0.2) is 4.98 Å². The zero-order chi connectivity index (χ0) is 47.7. The minimum Gasteiger partial charge on any atom is -0.509 e. The van der Waals surface area contributed by atoms with Gasteiger partial charge in [0.15, 0.2) is 0 Å².